The maximum atomic E-state index is 12.2. The first-order valence-electron chi connectivity index (χ1n) is 9.17. The molecule has 0 atom stereocenters. The average molecular weight is 385 g/mol. The maximum absolute atomic E-state index is 12.2. The maximum Gasteiger partial charge on any atom is 0.234 e. The lowest BCUT2D eigenvalue weighted by Gasteiger charge is -2.12. The summed E-state index contributed by atoms with van der Waals surface area (Å²) in [5, 5.41) is 5.89. The second-order valence-electron chi connectivity index (χ2n) is 6.89. The lowest BCUT2D eigenvalue weighted by molar-refractivity contribution is -0.116. The van der Waals surface area contributed by atoms with E-state index in [1.807, 2.05) is 45.0 Å². The molecule has 0 fully saturated rings. The molecule has 5 heteroatoms. The molecule has 0 aliphatic rings. The summed E-state index contributed by atoms with van der Waals surface area (Å²) in [6.07, 6.45) is 1.21. The fraction of sp³-hybridized carbons (Fsp3) is 0.364. The van der Waals surface area contributed by atoms with E-state index in [-0.39, 0.29) is 11.8 Å². The van der Waals surface area contributed by atoms with Gasteiger partial charge in [0.05, 0.1) is 5.75 Å². The number of carbonyl (C=O) groups is 2. The summed E-state index contributed by atoms with van der Waals surface area (Å²) in [7, 11) is 0. The number of anilines is 2. The molecule has 0 aliphatic carbocycles. The molecule has 0 unspecified atom stereocenters. The van der Waals surface area contributed by atoms with Gasteiger partial charge in [0.2, 0.25) is 11.8 Å². The minimum atomic E-state index is -0.0146. The van der Waals surface area contributed by atoms with E-state index < -0.39 is 0 Å². The SMILES string of the molecule is Cc1ccc(NC(=O)CSCCCC(=O)Nc2c(C)cc(C)cc2C)cc1. The van der Waals surface area contributed by atoms with Gasteiger partial charge in [0.1, 0.15) is 0 Å². The predicted molar refractivity (Wildman–Crippen MR) is 116 cm³/mol. The Hall–Kier alpha value is -2.27. The van der Waals surface area contributed by atoms with E-state index in [1.165, 1.54) is 5.56 Å². The molecule has 2 amide bonds. The second kappa shape index (κ2) is 10.2. The van der Waals surface area contributed by atoms with Crippen LogP contribution in [0, 0.1) is 27.7 Å². The van der Waals surface area contributed by atoms with E-state index >= 15 is 0 Å². The van der Waals surface area contributed by atoms with Crippen LogP contribution in [0.4, 0.5) is 11.4 Å². The second-order valence-corrected chi connectivity index (χ2v) is 8.00. The fourth-order valence-corrected chi connectivity index (χ4v) is 3.66. The van der Waals surface area contributed by atoms with Crippen LogP contribution in [0.3, 0.4) is 0 Å². The molecule has 4 nitrogen and oxygen atoms in total. The molecule has 2 aromatic carbocycles. The fourth-order valence-electron chi connectivity index (χ4n) is 2.91. The molecule has 2 rings (SSSR count). The van der Waals surface area contributed by atoms with Gasteiger partial charge in [0, 0.05) is 17.8 Å². The summed E-state index contributed by atoms with van der Waals surface area (Å²) >= 11 is 1.55. The van der Waals surface area contributed by atoms with Crippen molar-refractivity contribution < 1.29 is 9.59 Å². The van der Waals surface area contributed by atoms with Crippen LogP contribution in [0.2, 0.25) is 0 Å². The van der Waals surface area contributed by atoms with E-state index in [0.29, 0.717) is 12.2 Å². The zero-order valence-electron chi connectivity index (χ0n) is 16.5. The monoisotopic (exact) mass is 384 g/mol. The van der Waals surface area contributed by atoms with Crippen molar-refractivity contribution in [1.29, 1.82) is 0 Å². The van der Waals surface area contributed by atoms with Gasteiger partial charge in [-0.1, -0.05) is 35.4 Å². The van der Waals surface area contributed by atoms with Gasteiger partial charge in [-0.3, -0.25) is 9.59 Å². The first kappa shape index (κ1) is 21.0. The molecule has 144 valence electrons. The molecule has 0 saturated heterocycles. The number of hydrogen-bond donors (Lipinski definition) is 2. The third kappa shape index (κ3) is 7.10. The van der Waals surface area contributed by atoms with Crippen molar-refractivity contribution in [2.24, 2.45) is 0 Å². The number of rotatable bonds is 8. The van der Waals surface area contributed by atoms with E-state index in [2.05, 4.69) is 29.7 Å². The molecule has 0 aliphatic heterocycles. The molecule has 2 N–H and O–H groups in total. The van der Waals surface area contributed by atoms with Crippen LogP contribution >= 0.6 is 11.8 Å². The molecular formula is C22H28N2O2S. The summed E-state index contributed by atoms with van der Waals surface area (Å²) in [5.41, 5.74) is 6.26. The van der Waals surface area contributed by atoms with Gasteiger partial charge in [0.15, 0.2) is 0 Å². The number of thioether (sulfide) groups is 1. The van der Waals surface area contributed by atoms with E-state index in [1.54, 1.807) is 11.8 Å². The quantitative estimate of drug-likeness (QED) is 0.629. The van der Waals surface area contributed by atoms with E-state index in [4.69, 9.17) is 0 Å². The van der Waals surface area contributed by atoms with Crippen LogP contribution in [-0.4, -0.2) is 23.3 Å². The Morgan fingerprint density at radius 2 is 1.48 bits per heavy atom. The van der Waals surface area contributed by atoms with Crippen LogP contribution in [0.25, 0.3) is 0 Å². The van der Waals surface area contributed by atoms with Crippen molar-refractivity contribution >= 4 is 35.0 Å². The van der Waals surface area contributed by atoms with Crippen LogP contribution in [0.1, 0.15) is 35.1 Å². The van der Waals surface area contributed by atoms with E-state index in [9.17, 15) is 9.59 Å². The highest BCUT2D eigenvalue weighted by atomic mass is 32.2. The predicted octanol–water partition coefficient (Wildman–Crippen LogP) is 5.01. The van der Waals surface area contributed by atoms with Crippen molar-refractivity contribution in [3.63, 3.8) is 0 Å². The molecule has 0 radical (unpaired) electrons. The van der Waals surface area contributed by atoms with Gasteiger partial charge < -0.3 is 10.6 Å². The average Bonchev–Trinajstić information content (AvgIpc) is 2.60. The number of carbonyl (C=O) groups excluding carboxylic acids is 2. The Morgan fingerprint density at radius 1 is 0.852 bits per heavy atom. The minimum Gasteiger partial charge on any atom is -0.326 e. The Morgan fingerprint density at radius 3 is 2.11 bits per heavy atom. The zero-order valence-corrected chi connectivity index (χ0v) is 17.3. The third-order valence-corrected chi connectivity index (χ3v) is 5.25. The van der Waals surface area contributed by atoms with Gasteiger partial charge in [-0.15, -0.1) is 0 Å². The standard InChI is InChI=1S/C22H28N2O2S/c1-15-7-9-19(10-8-15)23-21(26)14-27-11-5-6-20(25)24-22-17(3)12-16(2)13-18(22)4/h7-10,12-13H,5-6,11,14H2,1-4H3,(H,23,26)(H,24,25). The first-order chi connectivity index (χ1) is 12.8. The van der Waals surface area contributed by atoms with Gasteiger partial charge in [-0.05, 0) is 63.1 Å². The third-order valence-electron chi connectivity index (χ3n) is 4.20. The molecular weight excluding hydrogens is 356 g/mol. The van der Waals surface area contributed by atoms with Crippen LogP contribution in [-0.2, 0) is 9.59 Å². The van der Waals surface area contributed by atoms with Gasteiger partial charge in [-0.2, -0.15) is 11.8 Å². The summed E-state index contributed by atoms with van der Waals surface area (Å²) in [6, 6.07) is 11.9. The van der Waals surface area contributed by atoms with Crippen LogP contribution in [0.15, 0.2) is 36.4 Å². The molecule has 27 heavy (non-hydrogen) atoms. The van der Waals surface area contributed by atoms with Gasteiger partial charge in [0.25, 0.3) is 0 Å². The van der Waals surface area contributed by atoms with Gasteiger partial charge >= 0.3 is 0 Å². The Balaban J connectivity index is 1.65. The van der Waals surface area contributed by atoms with Crippen LogP contribution in [0.5, 0.6) is 0 Å². The minimum absolute atomic E-state index is 0.0146. The highest BCUT2D eigenvalue weighted by molar-refractivity contribution is 7.99. The normalized spacial score (nSPS) is 10.5. The topological polar surface area (TPSA) is 58.2 Å². The summed E-state index contributed by atoms with van der Waals surface area (Å²) in [6.45, 7) is 8.09. The van der Waals surface area contributed by atoms with Crippen molar-refractivity contribution in [3.8, 4) is 0 Å². The lowest BCUT2D eigenvalue weighted by atomic mass is 10.0. The molecule has 0 spiro atoms. The number of hydrogen-bond acceptors (Lipinski definition) is 3. The lowest BCUT2D eigenvalue weighted by Crippen LogP contribution is -2.15. The highest BCUT2D eigenvalue weighted by Gasteiger charge is 2.09. The highest BCUT2D eigenvalue weighted by Crippen LogP contribution is 2.22. The van der Waals surface area contributed by atoms with Crippen molar-refractivity contribution in [1.82, 2.24) is 0 Å². The Bertz CT molecular complexity index is 777. The molecule has 0 bridgehead atoms. The largest absolute Gasteiger partial charge is 0.326 e. The number of aryl methyl sites for hydroxylation is 4. The summed E-state index contributed by atoms with van der Waals surface area (Å²) in [5.74, 6) is 1.18. The number of nitrogens with one attached hydrogen (secondary N) is 2. The van der Waals surface area contributed by atoms with Crippen molar-refractivity contribution in [3.05, 3.63) is 58.7 Å². The molecule has 0 aromatic heterocycles. The summed E-state index contributed by atoms with van der Waals surface area (Å²) < 4.78 is 0. The van der Waals surface area contributed by atoms with Gasteiger partial charge in [-0.25, -0.2) is 0 Å². The smallest absolute Gasteiger partial charge is 0.234 e. The number of benzene rings is 2. The molecule has 0 saturated carbocycles. The first-order valence-corrected chi connectivity index (χ1v) is 10.3. The number of amides is 2. The zero-order chi connectivity index (χ0) is 19.8. The molecule has 0 heterocycles. The van der Waals surface area contributed by atoms with E-state index in [0.717, 1.165) is 40.2 Å². The van der Waals surface area contributed by atoms with Crippen LogP contribution < -0.4 is 10.6 Å². The summed E-state index contributed by atoms with van der Waals surface area (Å²) in [4.78, 5) is 24.1. The molecule has 2 aromatic rings. The Labute approximate surface area is 166 Å². The Kier molecular flexibility index (Phi) is 7.92. The van der Waals surface area contributed by atoms with Crippen molar-refractivity contribution in [2.75, 3.05) is 22.1 Å². The van der Waals surface area contributed by atoms with Crippen molar-refractivity contribution in [2.45, 2.75) is 40.5 Å².